The van der Waals surface area contributed by atoms with Crippen molar-refractivity contribution in [3.05, 3.63) is 65.3 Å². The van der Waals surface area contributed by atoms with E-state index in [1.54, 1.807) is 18.2 Å². The average molecular weight is 494 g/mol. The van der Waals surface area contributed by atoms with Crippen molar-refractivity contribution in [1.82, 2.24) is 4.98 Å². The van der Waals surface area contributed by atoms with Gasteiger partial charge in [0.1, 0.15) is 10.8 Å². The molecule has 1 aromatic heterocycles. The molecule has 178 valence electrons. The molecular weight excluding hydrogens is 476 g/mol. The number of hydrogen-bond acceptors (Lipinski definition) is 3. The third-order valence-electron chi connectivity index (χ3n) is 6.03. The number of halogens is 7. The fraction of sp³-hybridized carbons (Fsp3) is 0.364. The van der Waals surface area contributed by atoms with Crippen LogP contribution in [-0.2, 0) is 4.79 Å². The monoisotopic (exact) mass is 493 g/mol. The van der Waals surface area contributed by atoms with Gasteiger partial charge in [0.15, 0.2) is 0 Å². The van der Waals surface area contributed by atoms with Crippen LogP contribution in [0.4, 0.5) is 26.3 Å². The van der Waals surface area contributed by atoms with Gasteiger partial charge in [-0.15, -0.1) is 0 Å². The van der Waals surface area contributed by atoms with Crippen LogP contribution < -0.4 is 4.74 Å². The second-order valence-corrected chi connectivity index (χ2v) is 8.61. The number of carboxylic acid groups (broad SMARTS) is 1. The van der Waals surface area contributed by atoms with Crippen molar-refractivity contribution in [3.8, 4) is 11.6 Å². The third kappa shape index (κ3) is 4.40. The molecule has 33 heavy (non-hydrogen) atoms. The second-order valence-electron chi connectivity index (χ2n) is 8.20. The van der Waals surface area contributed by atoms with Crippen LogP contribution in [0.25, 0.3) is 0 Å². The van der Waals surface area contributed by atoms with Gasteiger partial charge in [0.2, 0.25) is 5.88 Å². The van der Waals surface area contributed by atoms with Gasteiger partial charge in [0, 0.05) is 18.2 Å². The third-order valence-corrected chi connectivity index (χ3v) is 6.37. The number of nitrogens with zero attached hydrogens (tertiary/aromatic N) is 1. The lowest BCUT2D eigenvalue weighted by Crippen LogP contribution is -2.38. The molecule has 0 bridgehead atoms. The minimum Gasteiger partial charge on any atom is -0.481 e. The van der Waals surface area contributed by atoms with Crippen molar-refractivity contribution >= 4 is 17.6 Å². The molecule has 3 atom stereocenters. The van der Waals surface area contributed by atoms with Crippen molar-refractivity contribution in [3.63, 3.8) is 0 Å². The van der Waals surface area contributed by atoms with Crippen molar-refractivity contribution in [2.75, 3.05) is 0 Å². The molecule has 3 rings (SSSR count). The first kappa shape index (κ1) is 24.9. The maximum atomic E-state index is 14.3. The minimum absolute atomic E-state index is 0.229. The first-order chi connectivity index (χ1) is 15.1. The summed E-state index contributed by atoms with van der Waals surface area (Å²) in [6, 6.07) is 9.95. The van der Waals surface area contributed by atoms with Crippen molar-refractivity contribution in [1.29, 1.82) is 0 Å². The summed E-state index contributed by atoms with van der Waals surface area (Å²) in [7, 11) is 0. The highest BCUT2D eigenvalue weighted by Crippen LogP contribution is 2.77. The number of carbonyl (C=O) groups is 1. The van der Waals surface area contributed by atoms with Gasteiger partial charge in [-0.2, -0.15) is 26.3 Å². The van der Waals surface area contributed by atoms with Crippen LogP contribution in [0.15, 0.2) is 59.8 Å². The Labute approximate surface area is 189 Å². The molecule has 1 aromatic carbocycles. The number of pyridine rings is 1. The molecule has 0 aliphatic heterocycles. The van der Waals surface area contributed by atoms with Gasteiger partial charge in [-0.3, -0.25) is 4.79 Å². The van der Waals surface area contributed by atoms with E-state index in [2.05, 4.69) is 4.98 Å². The molecule has 0 saturated heterocycles. The quantitative estimate of drug-likeness (QED) is 0.443. The van der Waals surface area contributed by atoms with Gasteiger partial charge in [-0.25, -0.2) is 4.98 Å². The SMILES string of the molecule is CC1(C)C(/C=C(/Cl)C(F)(F)F)C1(C(=O)O)C(c1ccnc(Oc2ccccc2)c1)C(F)(F)F. The number of rotatable bonds is 6. The van der Waals surface area contributed by atoms with Crippen molar-refractivity contribution in [2.45, 2.75) is 32.1 Å². The minimum atomic E-state index is -5.12. The highest BCUT2D eigenvalue weighted by Gasteiger charge is 2.82. The molecule has 0 spiro atoms. The first-order valence-electron chi connectivity index (χ1n) is 9.57. The summed E-state index contributed by atoms with van der Waals surface area (Å²) in [5, 5.41) is 8.25. The summed E-state index contributed by atoms with van der Waals surface area (Å²) < 4.78 is 87.4. The molecule has 0 radical (unpaired) electrons. The smallest absolute Gasteiger partial charge is 0.426 e. The Morgan fingerprint density at radius 1 is 1.15 bits per heavy atom. The Balaban J connectivity index is 2.12. The second kappa shape index (κ2) is 8.23. The highest BCUT2D eigenvalue weighted by molar-refractivity contribution is 6.30. The molecule has 0 amide bonds. The van der Waals surface area contributed by atoms with Crippen LogP contribution in [0.3, 0.4) is 0 Å². The van der Waals surface area contributed by atoms with E-state index in [4.69, 9.17) is 16.3 Å². The molecule has 2 aromatic rings. The van der Waals surface area contributed by atoms with E-state index in [0.29, 0.717) is 6.08 Å². The first-order valence-corrected chi connectivity index (χ1v) is 9.94. The van der Waals surface area contributed by atoms with Gasteiger partial charge in [-0.1, -0.05) is 49.7 Å². The van der Waals surface area contributed by atoms with Gasteiger partial charge in [0.05, 0.1) is 11.3 Å². The molecule has 1 aliphatic carbocycles. The maximum Gasteiger partial charge on any atom is 0.426 e. The fourth-order valence-corrected chi connectivity index (χ4v) is 4.61. The summed E-state index contributed by atoms with van der Waals surface area (Å²) in [6.07, 6.45) is -8.76. The number of para-hydroxylation sites is 1. The van der Waals surface area contributed by atoms with Gasteiger partial charge < -0.3 is 9.84 Å². The Hall–Kier alpha value is -2.75. The number of aromatic nitrogens is 1. The fourth-order valence-electron chi connectivity index (χ4n) is 4.48. The Bertz CT molecular complexity index is 1070. The van der Waals surface area contributed by atoms with Crippen LogP contribution in [0.5, 0.6) is 11.6 Å². The van der Waals surface area contributed by atoms with Crippen molar-refractivity contribution < 1.29 is 41.0 Å². The lowest BCUT2D eigenvalue weighted by atomic mass is 9.77. The molecule has 1 fully saturated rings. The number of hydrogen-bond donors (Lipinski definition) is 1. The molecule has 1 heterocycles. The summed E-state index contributed by atoms with van der Waals surface area (Å²) in [5.41, 5.74) is -4.84. The van der Waals surface area contributed by atoms with E-state index in [1.807, 2.05) is 0 Å². The molecule has 1 saturated carbocycles. The van der Waals surface area contributed by atoms with Gasteiger partial charge in [0.25, 0.3) is 0 Å². The van der Waals surface area contributed by atoms with Crippen molar-refractivity contribution in [2.24, 2.45) is 16.7 Å². The Kier molecular flexibility index (Phi) is 6.21. The van der Waals surface area contributed by atoms with Gasteiger partial charge >= 0.3 is 18.3 Å². The maximum absolute atomic E-state index is 14.3. The van der Waals surface area contributed by atoms with Gasteiger partial charge in [-0.05, 0) is 29.2 Å². The highest BCUT2D eigenvalue weighted by atomic mass is 35.5. The van der Waals surface area contributed by atoms with E-state index in [9.17, 15) is 36.2 Å². The predicted molar refractivity (Wildman–Crippen MR) is 107 cm³/mol. The van der Waals surface area contributed by atoms with E-state index in [1.165, 1.54) is 26.0 Å². The van der Waals surface area contributed by atoms with Crippen LogP contribution in [-0.4, -0.2) is 28.4 Å². The van der Waals surface area contributed by atoms with Crippen LogP contribution in [0, 0.1) is 16.7 Å². The van der Waals surface area contributed by atoms with Crippen LogP contribution in [0.1, 0.15) is 25.3 Å². The summed E-state index contributed by atoms with van der Waals surface area (Å²) in [5.74, 6) is -6.13. The van der Waals surface area contributed by atoms with Crippen LogP contribution >= 0.6 is 11.6 Å². The molecular formula is C22H18ClF6NO3. The molecule has 11 heteroatoms. The predicted octanol–water partition coefficient (Wildman–Crippen LogP) is 6.93. The van der Waals surface area contributed by atoms with E-state index in [0.717, 1.165) is 18.3 Å². The topological polar surface area (TPSA) is 59.4 Å². The molecule has 3 unspecified atom stereocenters. The normalized spacial score (nSPS) is 23.7. The summed E-state index contributed by atoms with van der Waals surface area (Å²) in [4.78, 5) is 16.1. The molecule has 4 nitrogen and oxygen atoms in total. The number of aliphatic carboxylic acids is 1. The zero-order chi connectivity index (χ0) is 24.8. The lowest BCUT2D eigenvalue weighted by Gasteiger charge is -2.30. The average Bonchev–Trinajstić information content (AvgIpc) is 3.16. The lowest BCUT2D eigenvalue weighted by molar-refractivity contribution is -0.183. The molecule has 1 N–H and O–H groups in total. The number of allylic oxidation sites excluding steroid dienone is 2. The van der Waals surface area contributed by atoms with E-state index < -0.39 is 51.6 Å². The van der Waals surface area contributed by atoms with E-state index >= 15 is 0 Å². The Morgan fingerprint density at radius 3 is 2.27 bits per heavy atom. The van der Waals surface area contributed by atoms with Crippen LogP contribution in [0.2, 0.25) is 0 Å². The number of ether oxygens (including phenoxy) is 1. The number of benzene rings is 1. The summed E-state index contributed by atoms with van der Waals surface area (Å²) in [6.45, 7) is 2.34. The molecule has 1 aliphatic rings. The standard InChI is InChI=1S/C22H18ClF6NO3/c1-19(2)14(11-15(23)21(24,25)26)20(19,18(31)32)17(22(27,28)29)12-8-9-30-16(10-12)33-13-6-4-3-5-7-13/h3-11,14,17H,1-2H3,(H,31,32)/b15-11+. The number of carboxylic acids is 1. The largest absolute Gasteiger partial charge is 0.481 e. The Morgan fingerprint density at radius 2 is 1.76 bits per heavy atom. The zero-order valence-corrected chi connectivity index (χ0v) is 18.0. The summed E-state index contributed by atoms with van der Waals surface area (Å²) >= 11 is 5.26. The zero-order valence-electron chi connectivity index (χ0n) is 17.2. The van der Waals surface area contributed by atoms with E-state index in [-0.39, 0.29) is 11.6 Å². The number of alkyl halides is 6.